The molecule has 0 aromatic heterocycles. The monoisotopic (exact) mass is 356 g/mol. The van der Waals surface area contributed by atoms with E-state index in [4.69, 9.17) is 4.74 Å². The van der Waals surface area contributed by atoms with Crippen LogP contribution in [0.15, 0.2) is 59.0 Å². The van der Waals surface area contributed by atoms with Crippen molar-refractivity contribution in [3.63, 3.8) is 0 Å². The van der Waals surface area contributed by atoms with Gasteiger partial charge in [-0.2, -0.15) is 0 Å². The number of fused-ring (bicyclic) bond motifs is 1. The molecule has 5 nitrogen and oxygen atoms in total. The molecule has 0 amide bonds. The average molecular weight is 356 g/mol. The molecule has 6 heteroatoms. The van der Waals surface area contributed by atoms with Crippen molar-refractivity contribution >= 4 is 15.9 Å². The highest BCUT2D eigenvalue weighted by atomic mass is 32.2. The Morgan fingerprint density at radius 1 is 0.960 bits per heavy atom. The number of piperidine rings is 1. The minimum Gasteiger partial charge on any atom is -0.457 e. The lowest BCUT2D eigenvalue weighted by Crippen LogP contribution is -2.46. The maximum Gasteiger partial charge on any atom is 0.256 e. The number of para-hydroxylation sites is 1. The normalized spacial score (nSPS) is 22.0. The Balaban J connectivity index is 1.58. The summed E-state index contributed by atoms with van der Waals surface area (Å²) in [4.78, 5) is 2.11. The maximum atomic E-state index is 11.9. The molecule has 0 unspecified atom stereocenters. The van der Waals surface area contributed by atoms with E-state index in [1.807, 2.05) is 54.6 Å². The van der Waals surface area contributed by atoms with Crippen molar-refractivity contribution in [2.24, 2.45) is 4.40 Å². The van der Waals surface area contributed by atoms with Gasteiger partial charge in [-0.25, -0.2) is 8.42 Å². The fourth-order valence-corrected chi connectivity index (χ4v) is 4.49. The van der Waals surface area contributed by atoms with Crippen LogP contribution >= 0.6 is 0 Å². The summed E-state index contributed by atoms with van der Waals surface area (Å²) in [6, 6.07) is 17.5. The summed E-state index contributed by atoms with van der Waals surface area (Å²) in [5.74, 6) is 2.42. The van der Waals surface area contributed by atoms with Crippen LogP contribution < -0.4 is 4.74 Å². The van der Waals surface area contributed by atoms with E-state index in [-0.39, 0.29) is 11.7 Å². The molecule has 130 valence electrons. The van der Waals surface area contributed by atoms with Gasteiger partial charge < -0.3 is 9.64 Å². The van der Waals surface area contributed by atoms with Gasteiger partial charge in [0.2, 0.25) is 0 Å². The average Bonchev–Trinajstić information content (AvgIpc) is 2.62. The quantitative estimate of drug-likeness (QED) is 0.846. The first-order chi connectivity index (χ1) is 12.1. The van der Waals surface area contributed by atoms with E-state index in [1.165, 1.54) is 0 Å². The zero-order chi connectivity index (χ0) is 17.3. The van der Waals surface area contributed by atoms with Crippen molar-refractivity contribution in [3.8, 4) is 11.5 Å². The van der Waals surface area contributed by atoms with Gasteiger partial charge in [0.25, 0.3) is 10.0 Å². The number of benzene rings is 2. The van der Waals surface area contributed by atoms with Crippen LogP contribution in [0.25, 0.3) is 0 Å². The van der Waals surface area contributed by atoms with Gasteiger partial charge in [-0.15, -0.1) is 4.40 Å². The smallest absolute Gasteiger partial charge is 0.256 e. The van der Waals surface area contributed by atoms with E-state index in [2.05, 4.69) is 9.30 Å². The van der Waals surface area contributed by atoms with Crippen LogP contribution in [0, 0.1) is 0 Å². The topological polar surface area (TPSA) is 59.0 Å². The summed E-state index contributed by atoms with van der Waals surface area (Å²) in [6.07, 6.45) is 1.97. The molecule has 0 radical (unpaired) electrons. The van der Waals surface area contributed by atoms with E-state index < -0.39 is 10.0 Å². The Hall–Kier alpha value is -2.34. The molecule has 0 saturated carbocycles. The summed E-state index contributed by atoms with van der Waals surface area (Å²) in [5, 5.41) is 0. The molecule has 2 aliphatic rings. The van der Waals surface area contributed by atoms with Crippen LogP contribution in [-0.2, 0) is 10.0 Å². The molecule has 2 aliphatic heterocycles. The summed E-state index contributed by atoms with van der Waals surface area (Å²) in [5.41, 5.74) is 1.08. The zero-order valence-electron chi connectivity index (χ0n) is 13.8. The Bertz CT molecular complexity index is 877. The fraction of sp³-hybridized carbons (Fsp3) is 0.316. The molecule has 0 bridgehead atoms. The third-order valence-electron chi connectivity index (χ3n) is 4.67. The van der Waals surface area contributed by atoms with Gasteiger partial charge in [-0.05, 0) is 42.7 Å². The van der Waals surface area contributed by atoms with Gasteiger partial charge in [0, 0.05) is 19.0 Å². The molecule has 0 N–H and O–H groups in total. The zero-order valence-corrected chi connectivity index (χ0v) is 14.7. The Labute approximate surface area is 148 Å². The summed E-state index contributed by atoms with van der Waals surface area (Å²) in [7, 11) is -3.32. The van der Waals surface area contributed by atoms with Crippen LogP contribution in [0.2, 0.25) is 0 Å². The molecule has 2 heterocycles. The number of rotatable bonds is 3. The molecule has 4 rings (SSSR count). The van der Waals surface area contributed by atoms with Crippen LogP contribution in [0.4, 0.5) is 0 Å². The maximum absolute atomic E-state index is 11.9. The van der Waals surface area contributed by atoms with E-state index in [0.717, 1.165) is 36.4 Å². The van der Waals surface area contributed by atoms with E-state index in [1.54, 1.807) is 0 Å². The highest BCUT2D eigenvalue weighted by Crippen LogP contribution is 2.32. The first-order valence-electron chi connectivity index (χ1n) is 8.51. The number of nitrogens with zero attached hydrogens (tertiary/aromatic N) is 2. The summed E-state index contributed by atoms with van der Waals surface area (Å²) in [6.45, 7) is 1.44. The summed E-state index contributed by atoms with van der Waals surface area (Å²) >= 11 is 0. The molecule has 1 atom stereocenters. The standard InChI is InChI=1S/C19H20N2O3S/c22-25(23)14-13-21-12-4-7-18(19(21)20-25)15-8-10-17(11-9-15)24-16-5-2-1-3-6-16/h1-3,5-6,8-11,18H,4,7,12-14H2/t18-/m0/s1. The van der Waals surface area contributed by atoms with Crippen molar-refractivity contribution in [1.82, 2.24) is 4.90 Å². The van der Waals surface area contributed by atoms with Gasteiger partial charge in [0.15, 0.2) is 0 Å². The van der Waals surface area contributed by atoms with Gasteiger partial charge in [0.05, 0.1) is 5.75 Å². The van der Waals surface area contributed by atoms with Gasteiger partial charge in [-0.3, -0.25) is 0 Å². The van der Waals surface area contributed by atoms with Crippen molar-refractivity contribution < 1.29 is 13.2 Å². The first kappa shape index (κ1) is 16.1. The fourth-order valence-electron chi connectivity index (χ4n) is 3.42. The largest absolute Gasteiger partial charge is 0.457 e. The third kappa shape index (κ3) is 3.54. The third-order valence-corrected chi connectivity index (χ3v) is 5.83. The minimum atomic E-state index is -3.32. The van der Waals surface area contributed by atoms with Crippen molar-refractivity contribution in [3.05, 3.63) is 60.2 Å². The molecular weight excluding hydrogens is 336 g/mol. The van der Waals surface area contributed by atoms with Crippen molar-refractivity contribution in [2.45, 2.75) is 18.8 Å². The van der Waals surface area contributed by atoms with Crippen LogP contribution in [0.1, 0.15) is 24.3 Å². The van der Waals surface area contributed by atoms with E-state index in [0.29, 0.717) is 12.4 Å². The lowest BCUT2D eigenvalue weighted by atomic mass is 9.89. The van der Waals surface area contributed by atoms with Crippen LogP contribution in [0.5, 0.6) is 11.5 Å². The predicted octanol–water partition coefficient (Wildman–Crippen LogP) is 3.40. The Kier molecular flexibility index (Phi) is 4.21. The Morgan fingerprint density at radius 3 is 2.44 bits per heavy atom. The number of amidine groups is 1. The van der Waals surface area contributed by atoms with Crippen molar-refractivity contribution in [1.29, 1.82) is 0 Å². The molecule has 0 aliphatic carbocycles. The second-order valence-corrected chi connectivity index (χ2v) is 8.16. The molecule has 1 saturated heterocycles. The minimum absolute atomic E-state index is 0.0367. The molecule has 2 aromatic rings. The van der Waals surface area contributed by atoms with Crippen molar-refractivity contribution in [2.75, 3.05) is 18.8 Å². The number of hydrogen-bond acceptors (Lipinski definition) is 4. The second-order valence-electron chi connectivity index (χ2n) is 6.40. The first-order valence-corrected chi connectivity index (χ1v) is 10.1. The Morgan fingerprint density at radius 2 is 1.68 bits per heavy atom. The summed E-state index contributed by atoms with van der Waals surface area (Å²) < 4.78 is 33.7. The van der Waals surface area contributed by atoms with Gasteiger partial charge >= 0.3 is 0 Å². The lowest BCUT2D eigenvalue weighted by Gasteiger charge is -2.37. The van der Waals surface area contributed by atoms with Crippen LogP contribution in [-0.4, -0.2) is 38.0 Å². The molecule has 2 aromatic carbocycles. The second kappa shape index (κ2) is 6.52. The molecule has 0 spiro atoms. The number of ether oxygens (including phenoxy) is 1. The molecule has 25 heavy (non-hydrogen) atoms. The van der Waals surface area contributed by atoms with E-state index in [9.17, 15) is 8.42 Å². The molecular formula is C19H20N2O3S. The highest BCUT2D eigenvalue weighted by molar-refractivity contribution is 7.90. The van der Waals surface area contributed by atoms with Gasteiger partial charge in [-0.1, -0.05) is 30.3 Å². The lowest BCUT2D eigenvalue weighted by molar-refractivity contribution is 0.366. The van der Waals surface area contributed by atoms with Gasteiger partial charge in [0.1, 0.15) is 17.3 Å². The number of hydrogen-bond donors (Lipinski definition) is 0. The SMILES string of the molecule is O=S1(=O)CCN2CCC[C@@H](c3ccc(Oc4ccccc4)cc3)C2=N1. The van der Waals surface area contributed by atoms with E-state index >= 15 is 0 Å². The number of sulfonamides is 1. The van der Waals surface area contributed by atoms with Crippen LogP contribution in [0.3, 0.4) is 0 Å². The predicted molar refractivity (Wildman–Crippen MR) is 97.7 cm³/mol. The highest BCUT2D eigenvalue weighted by Gasteiger charge is 2.33. The molecule has 1 fully saturated rings.